The van der Waals surface area contributed by atoms with Crippen LogP contribution in [0.5, 0.6) is 11.5 Å². The first-order valence-corrected chi connectivity index (χ1v) is 12.2. The smallest absolute Gasteiger partial charge is 0.198 e. The highest BCUT2D eigenvalue weighted by atomic mass is 16.5. The Labute approximate surface area is 213 Å². The predicted molar refractivity (Wildman–Crippen MR) is 142 cm³/mol. The Bertz CT molecular complexity index is 1620. The second-order valence-corrected chi connectivity index (χ2v) is 9.30. The quantitative estimate of drug-likeness (QED) is 0.371. The number of hydrogen-bond donors (Lipinski definition) is 2. The lowest BCUT2D eigenvalue weighted by Gasteiger charge is -2.29. The van der Waals surface area contributed by atoms with E-state index >= 15 is 0 Å². The van der Waals surface area contributed by atoms with E-state index in [0.717, 1.165) is 22.6 Å². The molecule has 2 N–H and O–H groups in total. The van der Waals surface area contributed by atoms with E-state index in [1.165, 1.54) is 6.26 Å². The molecule has 186 valence electrons. The van der Waals surface area contributed by atoms with Gasteiger partial charge in [-0.15, -0.1) is 0 Å². The van der Waals surface area contributed by atoms with Crippen molar-refractivity contribution in [1.29, 1.82) is 0 Å². The summed E-state index contributed by atoms with van der Waals surface area (Å²) in [5.74, 6) is 1.19. The highest BCUT2D eigenvalue weighted by molar-refractivity contribution is 6.01. The third-order valence-corrected chi connectivity index (χ3v) is 7.21. The molecule has 3 aromatic carbocycles. The van der Waals surface area contributed by atoms with Gasteiger partial charge in [0.2, 0.25) is 0 Å². The summed E-state index contributed by atoms with van der Waals surface area (Å²) in [4.78, 5) is 27.4. The number of methoxy groups -OCH3 is 2. The van der Waals surface area contributed by atoms with E-state index in [4.69, 9.17) is 13.9 Å². The first kappa shape index (κ1) is 22.9. The van der Waals surface area contributed by atoms with Crippen molar-refractivity contribution in [2.75, 3.05) is 24.9 Å². The molecule has 0 amide bonds. The predicted octanol–water partition coefficient (Wildman–Crippen LogP) is 5.79. The lowest BCUT2D eigenvalue weighted by molar-refractivity contribution is -0.116. The van der Waals surface area contributed by atoms with E-state index in [9.17, 15) is 9.59 Å². The van der Waals surface area contributed by atoms with Crippen molar-refractivity contribution >= 4 is 28.1 Å². The maximum atomic E-state index is 13.8. The van der Waals surface area contributed by atoms with Crippen LogP contribution in [0, 0.1) is 0 Å². The monoisotopic (exact) mass is 494 g/mol. The first-order valence-electron chi connectivity index (χ1n) is 12.2. The number of hydrogen-bond acceptors (Lipinski definition) is 7. The second-order valence-electron chi connectivity index (χ2n) is 9.30. The molecule has 0 radical (unpaired) electrons. The van der Waals surface area contributed by atoms with Crippen LogP contribution in [0.4, 0.5) is 11.4 Å². The molecule has 1 aliphatic heterocycles. The van der Waals surface area contributed by atoms with Crippen LogP contribution in [0.1, 0.15) is 35.9 Å². The van der Waals surface area contributed by atoms with Crippen molar-refractivity contribution in [2.45, 2.75) is 24.8 Å². The minimum atomic E-state index is -0.647. The minimum Gasteiger partial charge on any atom is -0.493 e. The van der Waals surface area contributed by atoms with Gasteiger partial charge in [-0.1, -0.05) is 30.3 Å². The lowest BCUT2D eigenvalue weighted by atomic mass is 9.78. The summed E-state index contributed by atoms with van der Waals surface area (Å²) in [6.07, 6.45) is 2.39. The molecule has 37 heavy (non-hydrogen) atoms. The average Bonchev–Trinajstić information content (AvgIpc) is 3.10. The molecule has 0 saturated heterocycles. The summed E-state index contributed by atoms with van der Waals surface area (Å²) in [6.45, 7) is 0. The Morgan fingerprint density at radius 2 is 1.62 bits per heavy atom. The SMILES string of the molecule is COc1ccc([C@H]2CC(=O)C3=C(C2)Nc2ccccc2N[C@H]3c2coc3ccccc3c2=O)cc1OC. The van der Waals surface area contributed by atoms with Gasteiger partial charge in [-0.05, 0) is 54.3 Å². The molecule has 0 unspecified atom stereocenters. The van der Waals surface area contributed by atoms with Crippen LogP contribution >= 0.6 is 0 Å². The number of para-hydroxylation sites is 3. The van der Waals surface area contributed by atoms with Gasteiger partial charge in [0.05, 0.1) is 42.6 Å². The molecule has 2 heterocycles. The molecule has 0 spiro atoms. The number of ether oxygens (including phenoxy) is 2. The van der Waals surface area contributed by atoms with Gasteiger partial charge in [-0.2, -0.15) is 0 Å². The fraction of sp³-hybridized carbons (Fsp3) is 0.200. The molecule has 7 heteroatoms. The average molecular weight is 495 g/mol. The number of benzene rings is 3. The van der Waals surface area contributed by atoms with Crippen LogP contribution < -0.4 is 25.5 Å². The number of allylic oxidation sites excluding steroid dienone is 1. The van der Waals surface area contributed by atoms with E-state index < -0.39 is 6.04 Å². The molecule has 0 bridgehead atoms. The van der Waals surface area contributed by atoms with Crippen molar-refractivity contribution in [2.24, 2.45) is 0 Å². The van der Waals surface area contributed by atoms with E-state index in [1.807, 2.05) is 54.6 Å². The maximum absolute atomic E-state index is 13.8. The fourth-order valence-electron chi connectivity index (χ4n) is 5.36. The molecule has 1 aliphatic carbocycles. The maximum Gasteiger partial charge on any atom is 0.198 e. The topological polar surface area (TPSA) is 89.8 Å². The van der Waals surface area contributed by atoms with Crippen LogP contribution in [0.3, 0.4) is 0 Å². The number of fused-ring (bicyclic) bond motifs is 2. The van der Waals surface area contributed by atoms with Gasteiger partial charge in [0.15, 0.2) is 22.7 Å². The first-order chi connectivity index (χ1) is 18.1. The zero-order chi connectivity index (χ0) is 25.5. The summed E-state index contributed by atoms with van der Waals surface area (Å²) in [7, 11) is 3.20. The summed E-state index contributed by atoms with van der Waals surface area (Å²) in [5.41, 5.74) is 4.78. The van der Waals surface area contributed by atoms with Crippen molar-refractivity contribution in [3.63, 3.8) is 0 Å². The molecule has 2 atom stereocenters. The van der Waals surface area contributed by atoms with Gasteiger partial charge in [-0.25, -0.2) is 0 Å². The van der Waals surface area contributed by atoms with E-state index in [2.05, 4.69) is 10.6 Å². The normalized spacial score (nSPS) is 18.8. The number of ketones is 1. The third-order valence-electron chi connectivity index (χ3n) is 7.21. The number of rotatable bonds is 4. The molecule has 6 rings (SSSR count). The summed E-state index contributed by atoms with van der Waals surface area (Å²) in [6, 6.07) is 20.0. The van der Waals surface area contributed by atoms with E-state index in [1.54, 1.807) is 26.4 Å². The van der Waals surface area contributed by atoms with Crippen LogP contribution in [0.2, 0.25) is 0 Å². The molecule has 7 nitrogen and oxygen atoms in total. The summed E-state index contributed by atoms with van der Waals surface area (Å²) in [5, 5.41) is 7.45. The molecule has 2 aliphatic rings. The van der Waals surface area contributed by atoms with E-state index in [-0.39, 0.29) is 17.1 Å². The van der Waals surface area contributed by atoms with Gasteiger partial charge in [-0.3, -0.25) is 9.59 Å². The van der Waals surface area contributed by atoms with Gasteiger partial charge in [0, 0.05) is 17.7 Å². The number of Topliss-reactive ketones (excluding diaryl/α,β-unsaturated/α-hetero) is 1. The van der Waals surface area contributed by atoms with Crippen molar-refractivity contribution in [3.05, 3.63) is 106 Å². The zero-order valence-electron chi connectivity index (χ0n) is 20.5. The Kier molecular flexibility index (Phi) is 5.68. The van der Waals surface area contributed by atoms with Gasteiger partial charge in [0.25, 0.3) is 0 Å². The Balaban J connectivity index is 1.48. The fourth-order valence-corrected chi connectivity index (χ4v) is 5.36. The van der Waals surface area contributed by atoms with Crippen molar-refractivity contribution < 1.29 is 18.7 Å². The van der Waals surface area contributed by atoms with Crippen LogP contribution in [0.15, 0.2) is 93.5 Å². The number of carbonyl (C=O) groups is 1. The number of nitrogens with one attached hydrogen (secondary N) is 2. The third kappa shape index (κ3) is 3.93. The Hall–Kier alpha value is -4.52. The largest absolute Gasteiger partial charge is 0.493 e. The van der Waals surface area contributed by atoms with Crippen LogP contribution in [0.25, 0.3) is 11.0 Å². The molecular formula is C30H26N2O5. The second kappa shape index (κ2) is 9.17. The standard InChI is InChI=1S/C30H26N2O5/c1-35-26-12-11-17(15-27(26)36-2)18-13-23-28(24(33)14-18)29(32-22-9-5-4-8-21(22)31-23)20-16-37-25-10-6-3-7-19(25)30(20)34/h3-12,15-16,18,29,31-32H,13-14H2,1-2H3/t18-,29+/m1/s1. The van der Waals surface area contributed by atoms with Crippen LogP contribution in [-0.4, -0.2) is 20.0 Å². The molecule has 1 aromatic heterocycles. The van der Waals surface area contributed by atoms with Crippen LogP contribution in [-0.2, 0) is 4.79 Å². The lowest BCUT2D eigenvalue weighted by Crippen LogP contribution is -2.29. The van der Waals surface area contributed by atoms with Crippen molar-refractivity contribution in [3.8, 4) is 11.5 Å². The van der Waals surface area contributed by atoms with Gasteiger partial charge in [0.1, 0.15) is 11.8 Å². The Morgan fingerprint density at radius 3 is 2.43 bits per heavy atom. The summed E-state index contributed by atoms with van der Waals surface area (Å²) >= 11 is 0. The molecular weight excluding hydrogens is 468 g/mol. The molecule has 0 saturated carbocycles. The molecule has 0 fully saturated rings. The number of carbonyl (C=O) groups excluding carboxylic acids is 1. The highest BCUT2D eigenvalue weighted by Crippen LogP contribution is 2.45. The zero-order valence-corrected chi connectivity index (χ0v) is 20.5. The van der Waals surface area contributed by atoms with E-state index in [0.29, 0.717) is 46.4 Å². The summed E-state index contributed by atoms with van der Waals surface area (Å²) < 4.78 is 16.7. The molecule has 4 aromatic rings. The van der Waals surface area contributed by atoms with Gasteiger partial charge >= 0.3 is 0 Å². The van der Waals surface area contributed by atoms with Gasteiger partial charge < -0.3 is 24.5 Å². The number of anilines is 2. The highest BCUT2D eigenvalue weighted by Gasteiger charge is 2.37. The minimum absolute atomic E-state index is 0.0219. The van der Waals surface area contributed by atoms with Crippen molar-refractivity contribution in [1.82, 2.24) is 0 Å². The Morgan fingerprint density at radius 1 is 0.865 bits per heavy atom.